The Morgan fingerprint density at radius 3 is 1.88 bits per heavy atom. The Morgan fingerprint density at radius 1 is 1.24 bits per heavy atom. The van der Waals surface area contributed by atoms with Gasteiger partial charge in [-0.25, -0.2) is 13.9 Å². The van der Waals surface area contributed by atoms with Crippen molar-refractivity contribution in [3.63, 3.8) is 0 Å². The fraction of sp³-hybridized carbons (Fsp3) is 0. The van der Waals surface area contributed by atoms with Gasteiger partial charge in [0.05, 0.1) is 0 Å². The zero-order valence-corrected chi connectivity index (χ0v) is 9.78. The Hall–Kier alpha value is -1.06. The smallest absolute Gasteiger partial charge is 0.383 e. The van der Waals surface area contributed by atoms with Crippen LogP contribution in [0.1, 0.15) is 0 Å². The molecule has 0 aliphatic carbocycles. The Morgan fingerprint density at radius 2 is 1.71 bits per heavy atom. The zero-order chi connectivity index (χ0) is 13.7. The van der Waals surface area contributed by atoms with Gasteiger partial charge in [-0.3, -0.25) is 0 Å². The first kappa shape index (κ1) is 15.9. The number of nitrogen functional groups attached to an aromatic ring is 1. The van der Waals surface area contributed by atoms with Gasteiger partial charge in [-0.05, 0) is 6.07 Å². The standard InChI is InChI=1S/C4H5N3O.H4O7P2/c5-3-1-2-6-4(8)7-3;1-8(2,3)7-9(4,5)6/h1-2H,(H3,5,6,7,8);(H2,1,2,3)(H2,4,5,6). The van der Waals surface area contributed by atoms with E-state index < -0.39 is 21.3 Å². The molecular weight excluding hydrogens is 280 g/mol. The minimum Gasteiger partial charge on any atom is -0.383 e. The number of nitrogens with zero attached hydrogens (tertiary/aromatic N) is 1. The van der Waals surface area contributed by atoms with Crippen LogP contribution in [0.5, 0.6) is 0 Å². The minimum absolute atomic E-state index is 0.244. The average Bonchev–Trinajstić information content (AvgIpc) is 1.96. The van der Waals surface area contributed by atoms with Crippen molar-refractivity contribution in [2.75, 3.05) is 5.73 Å². The van der Waals surface area contributed by atoms with Crippen molar-refractivity contribution >= 4 is 21.5 Å². The van der Waals surface area contributed by atoms with Gasteiger partial charge in [-0.2, -0.15) is 9.29 Å². The predicted octanol–water partition coefficient (Wildman–Crippen LogP) is -1.46. The highest BCUT2D eigenvalue weighted by molar-refractivity contribution is 7.60. The van der Waals surface area contributed by atoms with Crippen molar-refractivity contribution in [1.82, 2.24) is 9.97 Å². The zero-order valence-electron chi connectivity index (χ0n) is 8.00. The van der Waals surface area contributed by atoms with Crippen LogP contribution in [-0.2, 0) is 13.4 Å². The summed E-state index contributed by atoms with van der Waals surface area (Å²) in [7, 11) is -10.1. The number of hydrogen-bond donors (Lipinski definition) is 6. The molecule has 13 heteroatoms. The van der Waals surface area contributed by atoms with Crippen molar-refractivity contribution in [2.45, 2.75) is 0 Å². The average molecular weight is 289 g/mol. The number of nitrogens with two attached hydrogens (primary N) is 1. The van der Waals surface area contributed by atoms with Gasteiger partial charge in [0.15, 0.2) is 0 Å². The molecule has 11 nitrogen and oxygen atoms in total. The summed E-state index contributed by atoms with van der Waals surface area (Å²) < 4.78 is 22.2. The molecule has 0 aliphatic rings. The summed E-state index contributed by atoms with van der Waals surface area (Å²) in [6.45, 7) is 0. The molecule has 17 heavy (non-hydrogen) atoms. The van der Waals surface area contributed by atoms with E-state index in [0.29, 0.717) is 0 Å². The lowest BCUT2D eigenvalue weighted by Gasteiger charge is -2.03. The Balaban J connectivity index is 0.000000302. The third-order valence-corrected chi connectivity index (χ3v) is 2.61. The summed E-state index contributed by atoms with van der Waals surface area (Å²) in [5, 5.41) is 0. The van der Waals surface area contributed by atoms with Gasteiger partial charge in [0.2, 0.25) is 0 Å². The highest BCUT2D eigenvalue weighted by atomic mass is 31.3. The second kappa shape index (κ2) is 6.03. The van der Waals surface area contributed by atoms with E-state index >= 15 is 0 Å². The molecule has 0 saturated carbocycles. The molecule has 0 atom stereocenters. The first-order chi connectivity index (χ1) is 7.49. The summed E-state index contributed by atoms with van der Waals surface area (Å²) in [5.41, 5.74) is 4.72. The summed E-state index contributed by atoms with van der Waals surface area (Å²) >= 11 is 0. The molecule has 1 heterocycles. The second-order valence-corrected chi connectivity index (χ2v) is 5.00. The summed E-state index contributed by atoms with van der Waals surface area (Å²) in [4.78, 5) is 46.9. The van der Waals surface area contributed by atoms with E-state index in [0.717, 1.165) is 0 Å². The second-order valence-electron chi connectivity index (χ2n) is 2.38. The van der Waals surface area contributed by atoms with Crippen molar-refractivity contribution < 1.29 is 33.0 Å². The molecule has 0 radical (unpaired) electrons. The van der Waals surface area contributed by atoms with Crippen LogP contribution in [0, 0.1) is 0 Å². The predicted molar refractivity (Wildman–Crippen MR) is 54.4 cm³/mol. The maximum absolute atomic E-state index is 10.2. The number of aromatic amines is 1. The van der Waals surface area contributed by atoms with Gasteiger partial charge < -0.3 is 30.3 Å². The van der Waals surface area contributed by atoms with Gasteiger partial charge in [-0.15, -0.1) is 0 Å². The SMILES string of the molecule is Nc1cc[nH]c(=O)n1.O=P(O)(O)OP(=O)(O)O. The monoisotopic (exact) mass is 289 g/mol. The topological polar surface area (TPSA) is 196 Å². The fourth-order valence-corrected chi connectivity index (χ4v) is 1.63. The highest BCUT2D eigenvalue weighted by Crippen LogP contribution is 2.53. The van der Waals surface area contributed by atoms with Gasteiger partial charge in [0.25, 0.3) is 0 Å². The lowest BCUT2D eigenvalue weighted by Crippen LogP contribution is -2.10. The molecule has 0 bridgehead atoms. The van der Waals surface area contributed by atoms with E-state index in [1.165, 1.54) is 12.3 Å². The molecule has 1 aromatic rings. The van der Waals surface area contributed by atoms with Crippen LogP contribution < -0.4 is 11.4 Å². The summed E-state index contributed by atoms with van der Waals surface area (Å²) in [5.74, 6) is 0.244. The summed E-state index contributed by atoms with van der Waals surface area (Å²) in [6, 6.07) is 1.52. The highest BCUT2D eigenvalue weighted by Gasteiger charge is 2.27. The van der Waals surface area contributed by atoms with Gasteiger partial charge in [-0.1, -0.05) is 0 Å². The number of phosphoric acid groups is 2. The lowest BCUT2D eigenvalue weighted by molar-refractivity contribution is 0.225. The normalized spacial score (nSPS) is 11.5. The molecule has 0 amide bonds. The van der Waals surface area contributed by atoms with Crippen LogP contribution in [0.4, 0.5) is 5.82 Å². The lowest BCUT2D eigenvalue weighted by atomic mass is 10.6. The maximum atomic E-state index is 10.2. The van der Waals surface area contributed by atoms with E-state index in [4.69, 9.17) is 25.3 Å². The van der Waals surface area contributed by atoms with Gasteiger partial charge in [0, 0.05) is 6.20 Å². The van der Waals surface area contributed by atoms with Crippen LogP contribution >= 0.6 is 15.6 Å². The van der Waals surface area contributed by atoms with Crippen molar-refractivity contribution in [1.29, 1.82) is 0 Å². The molecule has 98 valence electrons. The van der Waals surface area contributed by atoms with Gasteiger partial charge in [0.1, 0.15) is 5.82 Å². The number of rotatable bonds is 2. The summed E-state index contributed by atoms with van der Waals surface area (Å²) in [6.07, 6.45) is 1.45. The molecule has 1 aromatic heterocycles. The molecule has 1 rings (SSSR count). The molecule has 0 fully saturated rings. The number of aromatic nitrogens is 2. The van der Waals surface area contributed by atoms with Crippen LogP contribution in [0.2, 0.25) is 0 Å². The van der Waals surface area contributed by atoms with E-state index in [-0.39, 0.29) is 5.82 Å². The molecule has 0 aromatic carbocycles. The first-order valence-corrected chi connectivity index (χ1v) is 6.69. The Labute approximate surface area is 93.8 Å². The van der Waals surface area contributed by atoms with Crippen molar-refractivity contribution in [3.05, 3.63) is 22.7 Å². The molecule has 0 spiro atoms. The first-order valence-electron chi connectivity index (χ1n) is 3.63. The van der Waals surface area contributed by atoms with E-state index in [1.54, 1.807) is 0 Å². The van der Waals surface area contributed by atoms with Crippen LogP contribution in [-0.4, -0.2) is 29.5 Å². The molecule has 0 unspecified atom stereocenters. The third kappa shape index (κ3) is 11.2. The molecule has 0 aliphatic heterocycles. The van der Waals surface area contributed by atoms with Gasteiger partial charge >= 0.3 is 21.3 Å². The number of hydrogen-bond acceptors (Lipinski definition) is 6. The van der Waals surface area contributed by atoms with Crippen molar-refractivity contribution in [2.24, 2.45) is 0 Å². The van der Waals surface area contributed by atoms with Crippen LogP contribution in [0.25, 0.3) is 0 Å². The van der Waals surface area contributed by atoms with E-state index in [2.05, 4.69) is 14.3 Å². The van der Waals surface area contributed by atoms with E-state index in [1.807, 2.05) is 0 Å². The molecule has 0 saturated heterocycles. The number of H-pyrrole nitrogens is 1. The maximum Gasteiger partial charge on any atom is 0.478 e. The minimum atomic E-state index is -5.05. The Kier molecular flexibility index (Phi) is 5.66. The molecular formula is C4H9N3O8P2. The Bertz CT molecular complexity index is 481. The number of anilines is 1. The van der Waals surface area contributed by atoms with Crippen LogP contribution in [0.15, 0.2) is 17.1 Å². The fourth-order valence-electron chi connectivity index (χ4n) is 0.524. The van der Waals surface area contributed by atoms with Crippen LogP contribution in [0.3, 0.4) is 0 Å². The molecule has 7 N–H and O–H groups in total. The number of nitrogens with one attached hydrogen (secondary N) is 1. The van der Waals surface area contributed by atoms with E-state index in [9.17, 15) is 13.9 Å². The van der Waals surface area contributed by atoms with Crippen molar-refractivity contribution in [3.8, 4) is 0 Å². The largest absolute Gasteiger partial charge is 0.478 e. The quantitative estimate of drug-likeness (QED) is 0.350. The third-order valence-electron chi connectivity index (χ3n) is 0.904.